The van der Waals surface area contributed by atoms with Crippen LogP contribution in [0.5, 0.6) is 5.75 Å². The molecule has 1 atom stereocenters. The SMILES string of the molecule is CC(C)=CC(c1cc(C#N)ccc1O)c1cccc[n+]1[O-]. The molecule has 0 aliphatic carbocycles. The summed E-state index contributed by atoms with van der Waals surface area (Å²) >= 11 is 0. The smallest absolute Gasteiger partial charge is 0.204 e. The van der Waals surface area contributed by atoms with Gasteiger partial charge in [0.05, 0.1) is 17.6 Å². The fourth-order valence-electron chi connectivity index (χ4n) is 2.22. The molecule has 0 aliphatic heterocycles. The molecule has 4 heteroatoms. The molecule has 1 aromatic carbocycles. The summed E-state index contributed by atoms with van der Waals surface area (Å²) in [7, 11) is 0. The molecule has 1 aromatic heterocycles. The van der Waals surface area contributed by atoms with Crippen LogP contribution in [0.4, 0.5) is 0 Å². The van der Waals surface area contributed by atoms with E-state index in [0.29, 0.717) is 16.8 Å². The topological polar surface area (TPSA) is 71.0 Å². The molecule has 4 nitrogen and oxygen atoms in total. The molecule has 1 heterocycles. The average molecular weight is 280 g/mol. The van der Waals surface area contributed by atoms with Crippen LogP contribution in [0, 0.1) is 16.5 Å². The Balaban J connectivity index is 2.65. The predicted octanol–water partition coefficient (Wildman–Crippen LogP) is 3.00. The fourth-order valence-corrected chi connectivity index (χ4v) is 2.22. The van der Waals surface area contributed by atoms with Crippen molar-refractivity contribution in [2.75, 3.05) is 0 Å². The lowest BCUT2D eigenvalue weighted by atomic mass is 9.91. The molecular formula is C17H16N2O2. The van der Waals surface area contributed by atoms with Gasteiger partial charge in [-0.1, -0.05) is 11.6 Å². The highest BCUT2D eigenvalue weighted by atomic mass is 16.5. The van der Waals surface area contributed by atoms with Crippen molar-refractivity contribution in [1.29, 1.82) is 5.26 Å². The number of hydrogen-bond donors (Lipinski definition) is 1. The minimum atomic E-state index is -0.401. The number of aromatic nitrogens is 1. The Morgan fingerprint density at radius 1 is 1.33 bits per heavy atom. The van der Waals surface area contributed by atoms with Crippen molar-refractivity contribution in [3.05, 3.63) is 76.3 Å². The number of allylic oxidation sites excluding steroid dienone is 2. The van der Waals surface area contributed by atoms with Crippen LogP contribution in [-0.2, 0) is 0 Å². The van der Waals surface area contributed by atoms with Gasteiger partial charge in [0.1, 0.15) is 5.75 Å². The molecule has 106 valence electrons. The highest BCUT2D eigenvalue weighted by molar-refractivity contribution is 5.47. The van der Waals surface area contributed by atoms with Crippen LogP contribution in [0.15, 0.2) is 54.2 Å². The van der Waals surface area contributed by atoms with Gasteiger partial charge in [0.25, 0.3) is 0 Å². The van der Waals surface area contributed by atoms with Crippen molar-refractivity contribution in [1.82, 2.24) is 0 Å². The maximum Gasteiger partial charge on any atom is 0.204 e. The van der Waals surface area contributed by atoms with E-state index in [1.54, 1.807) is 30.3 Å². The first-order valence-electron chi connectivity index (χ1n) is 6.59. The molecule has 2 aromatic rings. The lowest BCUT2D eigenvalue weighted by molar-refractivity contribution is -0.614. The van der Waals surface area contributed by atoms with Crippen LogP contribution in [0.2, 0.25) is 0 Å². The molecular weight excluding hydrogens is 264 g/mol. The van der Waals surface area contributed by atoms with E-state index in [1.807, 2.05) is 19.9 Å². The first kappa shape index (κ1) is 14.6. The third kappa shape index (κ3) is 3.21. The van der Waals surface area contributed by atoms with E-state index in [-0.39, 0.29) is 5.75 Å². The number of pyridine rings is 1. The average Bonchev–Trinajstić information content (AvgIpc) is 2.46. The number of rotatable bonds is 3. The summed E-state index contributed by atoms with van der Waals surface area (Å²) in [6.07, 6.45) is 3.33. The highest BCUT2D eigenvalue weighted by Gasteiger charge is 2.22. The summed E-state index contributed by atoms with van der Waals surface area (Å²) in [6, 6.07) is 11.9. The summed E-state index contributed by atoms with van der Waals surface area (Å²) < 4.78 is 0.780. The van der Waals surface area contributed by atoms with Gasteiger partial charge in [-0.2, -0.15) is 9.99 Å². The number of phenols is 1. The lowest BCUT2D eigenvalue weighted by Gasteiger charge is -2.15. The van der Waals surface area contributed by atoms with Gasteiger partial charge in [0.2, 0.25) is 5.69 Å². The Kier molecular flexibility index (Phi) is 4.24. The van der Waals surface area contributed by atoms with Gasteiger partial charge in [-0.3, -0.25) is 0 Å². The summed E-state index contributed by atoms with van der Waals surface area (Å²) in [5, 5.41) is 31.2. The second-order valence-electron chi connectivity index (χ2n) is 5.06. The minimum absolute atomic E-state index is 0.0698. The number of aromatic hydroxyl groups is 1. The molecule has 2 rings (SSSR count). The highest BCUT2D eigenvalue weighted by Crippen LogP contribution is 2.32. The molecule has 21 heavy (non-hydrogen) atoms. The van der Waals surface area contributed by atoms with Crippen LogP contribution < -0.4 is 4.73 Å². The van der Waals surface area contributed by atoms with E-state index >= 15 is 0 Å². The maximum atomic E-state index is 12.0. The van der Waals surface area contributed by atoms with E-state index in [2.05, 4.69) is 6.07 Å². The van der Waals surface area contributed by atoms with Crippen molar-refractivity contribution in [3.8, 4) is 11.8 Å². The van der Waals surface area contributed by atoms with Gasteiger partial charge in [-0.15, -0.1) is 0 Å². The van der Waals surface area contributed by atoms with Crippen molar-refractivity contribution in [3.63, 3.8) is 0 Å². The Labute approximate surface area is 123 Å². The summed E-state index contributed by atoms with van der Waals surface area (Å²) in [5.41, 5.74) is 2.52. The Hall–Kier alpha value is -2.80. The van der Waals surface area contributed by atoms with Crippen LogP contribution in [0.3, 0.4) is 0 Å². The zero-order valence-corrected chi connectivity index (χ0v) is 11.9. The van der Waals surface area contributed by atoms with Crippen molar-refractivity contribution in [2.24, 2.45) is 0 Å². The van der Waals surface area contributed by atoms with Crippen molar-refractivity contribution >= 4 is 0 Å². The Morgan fingerprint density at radius 2 is 2.10 bits per heavy atom. The van der Waals surface area contributed by atoms with Crippen LogP contribution in [0.1, 0.15) is 36.6 Å². The van der Waals surface area contributed by atoms with Gasteiger partial charge in [-0.25, -0.2) is 0 Å². The third-order valence-electron chi connectivity index (χ3n) is 3.16. The molecule has 0 saturated heterocycles. The molecule has 0 aliphatic rings. The number of phenolic OH excluding ortho intramolecular Hbond substituents is 1. The van der Waals surface area contributed by atoms with Crippen LogP contribution in [0.25, 0.3) is 0 Å². The number of nitrogens with zero attached hydrogens (tertiary/aromatic N) is 2. The molecule has 0 radical (unpaired) electrons. The largest absolute Gasteiger partial charge is 0.618 e. The molecule has 1 unspecified atom stereocenters. The molecule has 0 spiro atoms. The molecule has 1 N–H and O–H groups in total. The van der Waals surface area contributed by atoms with E-state index in [4.69, 9.17) is 5.26 Å². The third-order valence-corrected chi connectivity index (χ3v) is 3.16. The van der Waals surface area contributed by atoms with Gasteiger partial charge < -0.3 is 10.3 Å². The first-order chi connectivity index (χ1) is 10.0. The summed E-state index contributed by atoms with van der Waals surface area (Å²) in [6.45, 7) is 3.85. The van der Waals surface area contributed by atoms with Gasteiger partial charge in [0, 0.05) is 17.7 Å². The van der Waals surface area contributed by atoms with Gasteiger partial charge in [-0.05, 0) is 38.1 Å². The summed E-state index contributed by atoms with van der Waals surface area (Å²) in [4.78, 5) is 0. The number of nitriles is 1. The monoisotopic (exact) mass is 280 g/mol. The van der Waals surface area contributed by atoms with Gasteiger partial charge >= 0.3 is 0 Å². The van der Waals surface area contributed by atoms with Gasteiger partial charge in [0.15, 0.2) is 6.20 Å². The molecule has 0 fully saturated rings. The van der Waals surface area contributed by atoms with Crippen molar-refractivity contribution in [2.45, 2.75) is 19.8 Å². The second-order valence-corrected chi connectivity index (χ2v) is 5.06. The standard InChI is InChI=1S/C17H16N2O2/c1-12(2)9-14(16-5-3-4-8-19(16)21)15-10-13(11-18)6-7-17(15)20/h3-10,14,20H,1-2H3. The lowest BCUT2D eigenvalue weighted by Crippen LogP contribution is -2.32. The maximum absolute atomic E-state index is 12.0. The Morgan fingerprint density at radius 3 is 2.71 bits per heavy atom. The summed E-state index contributed by atoms with van der Waals surface area (Å²) in [5.74, 6) is -0.331. The Bertz CT molecular complexity index is 726. The molecule has 0 amide bonds. The van der Waals surface area contributed by atoms with E-state index in [9.17, 15) is 10.3 Å². The fraction of sp³-hybridized carbons (Fsp3) is 0.176. The van der Waals surface area contributed by atoms with Crippen LogP contribution in [-0.4, -0.2) is 5.11 Å². The van der Waals surface area contributed by atoms with Crippen molar-refractivity contribution < 1.29 is 9.84 Å². The molecule has 0 bridgehead atoms. The van der Waals surface area contributed by atoms with Crippen LogP contribution >= 0.6 is 0 Å². The van der Waals surface area contributed by atoms with E-state index in [0.717, 1.165) is 10.3 Å². The number of hydrogen-bond acceptors (Lipinski definition) is 3. The number of benzene rings is 1. The normalized spacial score (nSPS) is 11.5. The molecule has 0 saturated carbocycles. The first-order valence-corrected chi connectivity index (χ1v) is 6.59. The minimum Gasteiger partial charge on any atom is -0.618 e. The zero-order chi connectivity index (χ0) is 15.4. The quantitative estimate of drug-likeness (QED) is 0.533. The van der Waals surface area contributed by atoms with E-state index in [1.165, 1.54) is 12.3 Å². The zero-order valence-electron chi connectivity index (χ0n) is 11.9. The van der Waals surface area contributed by atoms with E-state index < -0.39 is 5.92 Å². The second kappa shape index (κ2) is 6.10. The predicted molar refractivity (Wildman–Crippen MR) is 79.5 cm³/mol.